The van der Waals surface area contributed by atoms with Gasteiger partial charge in [-0.15, -0.1) is 0 Å². The molecule has 0 aromatic carbocycles. The summed E-state index contributed by atoms with van der Waals surface area (Å²) in [7, 11) is -4.68. The molecule has 0 saturated carbocycles. The standard InChI is InChI=1S/C3H9O4P.2Li.H3P/c1-2-3-7-8(4,5)6;;;/h2-3H2,1H3,(H2,4,5,6);;;1H3/q;2*+1;/p-2. The maximum Gasteiger partial charge on any atom is 1.00 e. The van der Waals surface area contributed by atoms with Gasteiger partial charge >= 0.3 is 37.7 Å². The summed E-state index contributed by atoms with van der Waals surface area (Å²) in [4.78, 5) is 19.3. The first kappa shape index (κ1) is 23.0. The molecule has 0 bridgehead atoms. The van der Waals surface area contributed by atoms with Crippen molar-refractivity contribution >= 4 is 17.7 Å². The van der Waals surface area contributed by atoms with Crippen LogP contribution in [-0.2, 0) is 9.09 Å². The van der Waals surface area contributed by atoms with Crippen LogP contribution in [0.1, 0.15) is 13.3 Å². The average molecular weight is 186 g/mol. The van der Waals surface area contributed by atoms with Gasteiger partial charge in [-0.1, -0.05) is 6.92 Å². The molecule has 0 spiro atoms. The van der Waals surface area contributed by atoms with Crippen molar-refractivity contribution in [2.24, 2.45) is 0 Å². The summed E-state index contributed by atoms with van der Waals surface area (Å²) in [5, 5.41) is 0. The summed E-state index contributed by atoms with van der Waals surface area (Å²) in [5.74, 6) is 0. The normalized spacial score (nSPS) is 8.64. The summed E-state index contributed by atoms with van der Waals surface area (Å²) in [6.07, 6.45) is 0.536. The molecule has 0 aliphatic carbocycles. The van der Waals surface area contributed by atoms with Crippen molar-refractivity contribution < 1.29 is 56.6 Å². The maximum absolute atomic E-state index is 9.64. The van der Waals surface area contributed by atoms with E-state index < -0.39 is 7.82 Å². The van der Waals surface area contributed by atoms with E-state index in [0.717, 1.165) is 0 Å². The summed E-state index contributed by atoms with van der Waals surface area (Å²) in [5.41, 5.74) is 0. The number of rotatable bonds is 3. The van der Waals surface area contributed by atoms with E-state index in [4.69, 9.17) is 0 Å². The van der Waals surface area contributed by atoms with Gasteiger partial charge in [0.25, 0.3) is 0 Å². The first-order valence-corrected chi connectivity index (χ1v) is 3.69. The first-order chi connectivity index (χ1) is 3.56. The van der Waals surface area contributed by atoms with E-state index in [1.807, 2.05) is 0 Å². The Bertz CT molecular complexity index is 106. The predicted molar refractivity (Wildman–Crippen MR) is 35.0 cm³/mol. The van der Waals surface area contributed by atoms with Crippen LogP contribution in [-0.4, -0.2) is 6.61 Å². The van der Waals surface area contributed by atoms with E-state index in [1.54, 1.807) is 6.92 Å². The largest absolute Gasteiger partial charge is 1.00 e. The van der Waals surface area contributed by atoms with Crippen molar-refractivity contribution in [3.05, 3.63) is 0 Å². The van der Waals surface area contributed by atoms with Crippen molar-refractivity contribution in [1.29, 1.82) is 0 Å². The van der Waals surface area contributed by atoms with Crippen LogP contribution in [0.3, 0.4) is 0 Å². The van der Waals surface area contributed by atoms with Gasteiger partial charge in [0.1, 0.15) is 0 Å². The molecule has 0 aromatic rings. The summed E-state index contributed by atoms with van der Waals surface area (Å²) in [6.45, 7) is 1.71. The van der Waals surface area contributed by atoms with Crippen molar-refractivity contribution in [3.8, 4) is 0 Å². The van der Waals surface area contributed by atoms with E-state index in [2.05, 4.69) is 4.52 Å². The zero-order chi connectivity index (χ0) is 6.62. The van der Waals surface area contributed by atoms with Gasteiger partial charge in [0, 0.05) is 0 Å². The average Bonchev–Trinajstić information content (AvgIpc) is 1.59. The van der Waals surface area contributed by atoms with Crippen molar-refractivity contribution in [2.75, 3.05) is 6.61 Å². The quantitative estimate of drug-likeness (QED) is 0.324. The van der Waals surface area contributed by atoms with E-state index in [1.165, 1.54) is 0 Å². The van der Waals surface area contributed by atoms with Crippen LogP contribution in [0, 0.1) is 0 Å². The third kappa shape index (κ3) is 24.5. The molecule has 11 heavy (non-hydrogen) atoms. The summed E-state index contributed by atoms with van der Waals surface area (Å²) >= 11 is 0. The van der Waals surface area contributed by atoms with Gasteiger partial charge in [0.05, 0.1) is 14.4 Å². The van der Waals surface area contributed by atoms with E-state index in [0.29, 0.717) is 6.42 Å². The topological polar surface area (TPSA) is 72.4 Å². The fourth-order valence-corrected chi connectivity index (χ4v) is 0.609. The minimum Gasteiger partial charge on any atom is -0.790 e. The molecule has 58 valence electrons. The molecule has 0 N–H and O–H groups in total. The second-order valence-electron chi connectivity index (χ2n) is 1.28. The zero-order valence-electron chi connectivity index (χ0n) is 7.20. The minimum absolute atomic E-state index is 0. The van der Waals surface area contributed by atoms with Gasteiger partial charge in [0.15, 0.2) is 0 Å². The Hall–Kier alpha value is 1.73. The molecule has 0 saturated heterocycles. The maximum atomic E-state index is 9.64. The van der Waals surface area contributed by atoms with Crippen LogP contribution in [0.5, 0.6) is 0 Å². The molecule has 4 nitrogen and oxygen atoms in total. The predicted octanol–water partition coefficient (Wildman–Crippen LogP) is -6.69. The Kier molecular flexibility index (Phi) is 24.5. The molecule has 0 heterocycles. The van der Waals surface area contributed by atoms with Gasteiger partial charge in [-0.2, -0.15) is 9.90 Å². The number of phosphoric acid groups is 1. The molecule has 1 unspecified atom stereocenters. The van der Waals surface area contributed by atoms with Crippen LogP contribution in [0.2, 0.25) is 0 Å². The zero-order valence-corrected chi connectivity index (χ0v) is 9.51. The SMILES string of the molecule is CCCOP(=O)([O-])[O-].P.[Li+].[Li+]. The molecule has 8 heteroatoms. The van der Waals surface area contributed by atoms with Gasteiger partial charge in [-0.25, -0.2) is 0 Å². The molecule has 0 amide bonds. The molecule has 0 aromatic heterocycles. The van der Waals surface area contributed by atoms with Crippen LogP contribution in [0.15, 0.2) is 0 Å². The Morgan fingerprint density at radius 1 is 1.36 bits per heavy atom. The van der Waals surface area contributed by atoms with Crippen LogP contribution >= 0.6 is 17.7 Å². The molecular weight excluding hydrogens is 176 g/mol. The van der Waals surface area contributed by atoms with E-state index in [-0.39, 0.29) is 54.2 Å². The molecule has 0 radical (unpaired) electrons. The number of phosphoric ester groups is 1. The van der Waals surface area contributed by atoms with Gasteiger partial charge in [-0.05, 0) is 6.42 Å². The third-order valence-corrected chi connectivity index (χ3v) is 0.952. The second-order valence-corrected chi connectivity index (χ2v) is 2.43. The summed E-state index contributed by atoms with van der Waals surface area (Å²) in [6, 6.07) is 0. The summed E-state index contributed by atoms with van der Waals surface area (Å²) < 4.78 is 13.5. The third-order valence-electron chi connectivity index (χ3n) is 0.454. The fourth-order valence-electron chi connectivity index (χ4n) is 0.203. The molecule has 0 aliphatic heterocycles. The van der Waals surface area contributed by atoms with Crippen molar-refractivity contribution in [1.82, 2.24) is 0 Å². The minimum atomic E-state index is -4.68. The van der Waals surface area contributed by atoms with Crippen LogP contribution in [0.4, 0.5) is 0 Å². The first-order valence-electron chi connectivity index (χ1n) is 2.23. The van der Waals surface area contributed by atoms with E-state index >= 15 is 0 Å². The Labute approximate surface area is 94.1 Å². The van der Waals surface area contributed by atoms with E-state index in [9.17, 15) is 14.4 Å². The van der Waals surface area contributed by atoms with Crippen LogP contribution in [0.25, 0.3) is 0 Å². The second kappa shape index (κ2) is 11.7. The number of hydrogen-bond donors (Lipinski definition) is 0. The molecule has 0 aliphatic rings. The monoisotopic (exact) mass is 186 g/mol. The van der Waals surface area contributed by atoms with Gasteiger partial charge in [0.2, 0.25) is 0 Å². The Balaban J connectivity index is -0.0000000817. The molecule has 0 rings (SSSR count). The molecule has 0 fully saturated rings. The van der Waals surface area contributed by atoms with Crippen molar-refractivity contribution in [3.63, 3.8) is 0 Å². The molecule has 1 atom stereocenters. The van der Waals surface area contributed by atoms with Crippen molar-refractivity contribution in [2.45, 2.75) is 13.3 Å². The molecular formula is C3H10Li2O4P2. The fraction of sp³-hybridized carbons (Fsp3) is 1.00. The smallest absolute Gasteiger partial charge is 0.790 e. The number of hydrogen-bond acceptors (Lipinski definition) is 4. The van der Waals surface area contributed by atoms with Gasteiger partial charge in [-0.3, -0.25) is 0 Å². The van der Waals surface area contributed by atoms with Crippen LogP contribution < -0.4 is 47.5 Å². The van der Waals surface area contributed by atoms with Gasteiger partial charge < -0.3 is 18.9 Å². The Morgan fingerprint density at radius 2 is 1.73 bits per heavy atom. The Morgan fingerprint density at radius 3 is 1.82 bits per heavy atom.